The van der Waals surface area contributed by atoms with Crippen LogP contribution < -0.4 is 10.1 Å². The first-order valence-corrected chi connectivity index (χ1v) is 8.84. The summed E-state index contributed by atoms with van der Waals surface area (Å²) in [6.45, 7) is 3.93. The molecule has 1 aromatic rings. The minimum Gasteiger partial charge on any atom is -0.432 e. The summed E-state index contributed by atoms with van der Waals surface area (Å²) in [7, 11) is -2.96. The second-order valence-corrected chi connectivity index (χ2v) is 7.97. The van der Waals surface area contributed by atoms with Gasteiger partial charge in [0.1, 0.15) is 5.75 Å². The first-order valence-electron chi connectivity index (χ1n) is 6.61. The number of hydrogen-bond donors (Lipinski definition) is 1. The fourth-order valence-electron chi connectivity index (χ4n) is 2.32. The Labute approximate surface area is 125 Å². The molecule has 0 radical (unpaired) electrons. The Bertz CT molecular complexity index is 613. The van der Waals surface area contributed by atoms with E-state index in [1.54, 1.807) is 0 Å². The second-order valence-electron chi connectivity index (χ2n) is 5.42. The zero-order valence-corrected chi connectivity index (χ0v) is 13.3. The third-order valence-corrected chi connectivity index (χ3v) is 5.51. The Kier molecular flexibility index (Phi) is 4.34. The lowest BCUT2D eigenvalue weighted by Crippen LogP contribution is -2.47. The van der Waals surface area contributed by atoms with Gasteiger partial charge >= 0.3 is 0 Å². The molecule has 1 aromatic carbocycles. The predicted molar refractivity (Wildman–Crippen MR) is 83.9 cm³/mol. The van der Waals surface area contributed by atoms with Gasteiger partial charge in [-0.25, -0.2) is 8.42 Å². The molecule has 0 aliphatic carbocycles. The molecule has 1 unspecified atom stereocenters. The lowest BCUT2D eigenvalue weighted by Gasteiger charge is -2.25. The van der Waals surface area contributed by atoms with Crippen LogP contribution >= 0.6 is 12.2 Å². The summed E-state index contributed by atoms with van der Waals surface area (Å²) in [6, 6.07) is 7.70. The number of aryl methyl sites for hydroxylation is 1. The van der Waals surface area contributed by atoms with Crippen LogP contribution in [0.2, 0.25) is 0 Å². The SMILES string of the molecule is CCc1cccc(OC(=S)NC2(C)CCS(=O)(=O)C2)c1. The zero-order valence-electron chi connectivity index (χ0n) is 11.7. The van der Waals surface area contributed by atoms with Crippen molar-refractivity contribution in [3.63, 3.8) is 0 Å². The van der Waals surface area contributed by atoms with Crippen LogP contribution in [0.1, 0.15) is 25.8 Å². The van der Waals surface area contributed by atoms with Crippen LogP contribution in [0.4, 0.5) is 0 Å². The number of sulfone groups is 1. The number of ether oxygens (including phenoxy) is 1. The van der Waals surface area contributed by atoms with Crippen molar-refractivity contribution in [1.29, 1.82) is 0 Å². The Morgan fingerprint density at radius 2 is 2.25 bits per heavy atom. The van der Waals surface area contributed by atoms with Crippen molar-refractivity contribution in [2.24, 2.45) is 0 Å². The summed E-state index contributed by atoms with van der Waals surface area (Å²) in [5.41, 5.74) is 0.637. The van der Waals surface area contributed by atoms with Gasteiger partial charge in [-0.05, 0) is 49.7 Å². The van der Waals surface area contributed by atoms with Gasteiger partial charge in [0.25, 0.3) is 5.17 Å². The molecule has 4 nitrogen and oxygen atoms in total. The monoisotopic (exact) mass is 313 g/mol. The third kappa shape index (κ3) is 3.93. The molecule has 1 saturated heterocycles. The van der Waals surface area contributed by atoms with Crippen molar-refractivity contribution in [3.8, 4) is 5.75 Å². The third-order valence-electron chi connectivity index (χ3n) is 3.42. The molecular weight excluding hydrogens is 294 g/mol. The van der Waals surface area contributed by atoms with Gasteiger partial charge in [-0.3, -0.25) is 0 Å². The van der Waals surface area contributed by atoms with Crippen LogP contribution in [0.15, 0.2) is 24.3 Å². The molecule has 0 aromatic heterocycles. The van der Waals surface area contributed by atoms with Crippen molar-refractivity contribution in [3.05, 3.63) is 29.8 Å². The van der Waals surface area contributed by atoms with Crippen molar-refractivity contribution >= 4 is 27.2 Å². The maximum Gasteiger partial charge on any atom is 0.262 e. The van der Waals surface area contributed by atoms with Crippen LogP contribution in [-0.2, 0) is 16.3 Å². The lowest BCUT2D eigenvalue weighted by atomic mass is 10.0. The summed E-state index contributed by atoms with van der Waals surface area (Å²) >= 11 is 5.17. The number of hydrogen-bond acceptors (Lipinski definition) is 4. The van der Waals surface area contributed by atoms with E-state index < -0.39 is 15.4 Å². The van der Waals surface area contributed by atoms with E-state index in [-0.39, 0.29) is 16.7 Å². The van der Waals surface area contributed by atoms with Gasteiger partial charge in [-0.2, -0.15) is 0 Å². The quantitative estimate of drug-likeness (QED) is 0.866. The maximum absolute atomic E-state index is 11.5. The molecule has 1 fully saturated rings. The lowest BCUT2D eigenvalue weighted by molar-refractivity contribution is 0.425. The maximum atomic E-state index is 11.5. The van der Waals surface area contributed by atoms with Crippen LogP contribution in [0, 0.1) is 0 Å². The van der Waals surface area contributed by atoms with Gasteiger partial charge in [0, 0.05) is 0 Å². The highest BCUT2D eigenvalue weighted by Crippen LogP contribution is 2.23. The van der Waals surface area contributed by atoms with Crippen LogP contribution in [-0.4, -0.2) is 30.6 Å². The first-order chi connectivity index (χ1) is 9.32. The molecule has 1 atom stereocenters. The van der Waals surface area contributed by atoms with Crippen molar-refractivity contribution < 1.29 is 13.2 Å². The van der Waals surface area contributed by atoms with Gasteiger partial charge in [-0.1, -0.05) is 19.1 Å². The molecule has 1 N–H and O–H groups in total. The predicted octanol–water partition coefficient (Wildman–Crippen LogP) is 2.08. The van der Waals surface area contributed by atoms with Gasteiger partial charge in [0.2, 0.25) is 0 Å². The Morgan fingerprint density at radius 3 is 2.85 bits per heavy atom. The Balaban J connectivity index is 1.99. The molecule has 0 spiro atoms. The molecule has 1 aliphatic heterocycles. The van der Waals surface area contributed by atoms with E-state index in [1.165, 1.54) is 5.56 Å². The summed E-state index contributed by atoms with van der Waals surface area (Å²) in [5.74, 6) is 0.967. The first kappa shape index (κ1) is 15.3. The van der Waals surface area contributed by atoms with Crippen LogP contribution in [0.5, 0.6) is 5.75 Å². The summed E-state index contributed by atoms with van der Waals surface area (Å²) in [4.78, 5) is 0. The molecular formula is C14H19NO3S2. The van der Waals surface area contributed by atoms with Crippen molar-refractivity contribution in [2.75, 3.05) is 11.5 Å². The smallest absolute Gasteiger partial charge is 0.262 e. The normalized spacial score (nSPS) is 24.3. The minimum atomic E-state index is -2.96. The molecule has 1 aliphatic rings. The minimum absolute atomic E-state index is 0.0957. The van der Waals surface area contributed by atoms with E-state index in [1.807, 2.05) is 31.2 Å². The highest BCUT2D eigenvalue weighted by atomic mass is 32.2. The molecule has 0 bridgehead atoms. The fourth-order valence-corrected chi connectivity index (χ4v) is 4.75. The van der Waals surface area contributed by atoms with Crippen molar-refractivity contribution in [1.82, 2.24) is 5.32 Å². The highest BCUT2D eigenvalue weighted by Gasteiger charge is 2.39. The van der Waals surface area contributed by atoms with Crippen LogP contribution in [0.25, 0.3) is 0 Å². The van der Waals surface area contributed by atoms with E-state index in [0.717, 1.165) is 6.42 Å². The van der Waals surface area contributed by atoms with Gasteiger partial charge < -0.3 is 10.1 Å². The Morgan fingerprint density at radius 1 is 1.50 bits per heavy atom. The van der Waals surface area contributed by atoms with E-state index in [2.05, 4.69) is 12.2 Å². The van der Waals surface area contributed by atoms with Gasteiger partial charge in [0.05, 0.1) is 17.0 Å². The average Bonchev–Trinajstić information content (AvgIpc) is 2.63. The molecule has 2 rings (SSSR count). The summed E-state index contributed by atoms with van der Waals surface area (Å²) in [6.07, 6.45) is 1.47. The molecule has 1 heterocycles. The molecule has 110 valence electrons. The van der Waals surface area contributed by atoms with Crippen molar-refractivity contribution in [2.45, 2.75) is 32.2 Å². The molecule has 0 amide bonds. The van der Waals surface area contributed by atoms with Gasteiger partial charge in [-0.15, -0.1) is 0 Å². The zero-order chi connectivity index (χ0) is 14.8. The average molecular weight is 313 g/mol. The van der Waals surface area contributed by atoms with Gasteiger partial charge in [0.15, 0.2) is 9.84 Å². The topological polar surface area (TPSA) is 55.4 Å². The number of nitrogens with one attached hydrogen (secondary N) is 1. The molecule has 6 heteroatoms. The van der Waals surface area contributed by atoms with E-state index in [0.29, 0.717) is 12.2 Å². The Hall–Kier alpha value is -1.14. The standard InChI is InChI=1S/C14H19NO3S2/c1-3-11-5-4-6-12(9-11)18-13(19)15-14(2)7-8-20(16,17)10-14/h4-6,9H,3,7-8,10H2,1-2H3,(H,15,19). The molecule has 0 saturated carbocycles. The number of rotatable bonds is 3. The number of benzene rings is 1. The van der Waals surface area contributed by atoms with E-state index >= 15 is 0 Å². The van der Waals surface area contributed by atoms with Crippen LogP contribution in [0.3, 0.4) is 0 Å². The van der Waals surface area contributed by atoms with E-state index in [9.17, 15) is 8.42 Å². The van der Waals surface area contributed by atoms with E-state index in [4.69, 9.17) is 17.0 Å². The highest BCUT2D eigenvalue weighted by molar-refractivity contribution is 7.91. The summed E-state index contributed by atoms with van der Waals surface area (Å²) < 4.78 is 28.7. The fraction of sp³-hybridized carbons (Fsp3) is 0.500. The second kappa shape index (κ2) is 5.69. The largest absolute Gasteiger partial charge is 0.432 e. The number of thiocarbonyl (C=S) groups is 1. The molecule has 20 heavy (non-hydrogen) atoms. The summed E-state index contributed by atoms with van der Waals surface area (Å²) in [5, 5.41) is 3.25.